The van der Waals surface area contributed by atoms with Crippen LogP contribution in [0.5, 0.6) is 0 Å². The normalized spacial score (nSPS) is 12.9. The van der Waals surface area contributed by atoms with Gasteiger partial charge in [0, 0.05) is 12.8 Å². The molecule has 0 aliphatic carbocycles. The first kappa shape index (κ1) is 65.7. The van der Waals surface area contributed by atoms with Crippen LogP contribution in [0.2, 0.25) is 32.2 Å². The number of ether oxygens (including phenoxy) is 2. The lowest BCUT2D eigenvalue weighted by Gasteiger charge is -2.47. The fourth-order valence-electron chi connectivity index (χ4n) is 10.9. The minimum absolute atomic E-state index is 0.0303. The Morgan fingerprint density at radius 3 is 1.00 bits per heavy atom. The number of alkyl carbamates (subject to hydrolysis) is 2. The van der Waals surface area contributed by atoms with Crippen molar-refractivity contribution in [3.8, 4) is 0 Å². The molecule has 5 aromatic rings. The molecule has 0 heterocycles. The molecule has 424 valence electrons. The molecule has 0 unspecified atom stereocenters. The molecule has 0 aliphatic rings. The fourth-order valence-corrected chi connectivity index (χ4v) is 23.0. The van der Waals surface area contributed by atoms with Crippen molar-refractivity contribution < 1.29 is 47.4 Å². The summed E-state index contributed by atoms with van der Waals surface area (Å²) in [6.07, 6.45) is -0.313. The zero-order valence-corrected chi connectivity index (χ0v) is 50.7. The van der Waals surface area contributed by atoms with E-state index in [0.29, 0.717) is 23.9 Å². The number of carbonyl (C=O) groups excluding carboxylic acids is 4. The highest BCUT2D eigenvalue weighted by Crippen LogP contribution is 2.52. The van der Waals surface area contributed by atoms with Crippen LogP contribution < -0.4 is 16.4 Å². The van der Waals surface area contributed by atoms with Crippen molar-refractivity contribution in [2.24, 2.45) is 5.73 Å². The summed E-state index contributed by atoms with van der Waals surface area (Å²) < 4.78 is 23.1. The maximum atomic E-state index is 13.6. The van der Waals surface area contributed by atoms with Crippen LogP contribution in [0.15, 0.2) is 152 Å². The average molecular weight is 1100 g/mol. The first-order valence-corrected chi connectivity index (χ1v) is 31.3. The van der Waals surface area contributed by atoms with Gasteiger partial charge in [0.25, 0.3) is 16.6 Å². The largest absolute Gasteiger partial charge is 0.517 e. The third kappa shape index (κ3) is 20.0. The Kier molecular flexibility index (Phi) is 26.2. The quantitative estimate of drug-likeness (QED) is 0.0511. The molecule has 0 saturated heterocycles. The molecule has 2 amide bonds. The van der Waals surface area contributed by atoms with E-state index in [1.807, 2.05) is 152 Å². The minimum Gasteiger partial charge on any atom is -0.517 e. The molecule has 0 fully saturated rings. The summed E-state index contributed by atoms with van der Waals surface area (Å²) in [7, 11) is -4.88. The van der Waals surface area contributed by atoms with E-state index in [-0.39, 0.29) is 52.7 Å². The van der Waals surface area contributed by atoms with Gasteiger partial charge >= 0.3 is 30.1 Å². The third-order valence-electron chi connectivity index (χ3n) is 14.1. The highest BCUT2D eigenvalue weighted by Gasteiger charge is 2.56. The Bertz CT molecular complexity index is 2560. The van der Waals surface area contributed by atoms with Gasteiger partial charge in [-0.25, -0.2) is 14.4 Å². The van der Waals surface area contributed by atoms with E-state index in [9.17, 15) is 29.1 Å². The van der Waals surface area contributed by atoms with Crippen LogP contribution in [-0.2, 0) is 65.2 Å². The molecule has 13 nitrogen and oxygen atoms in total. The van der Waals surface area contributed by atoms with Gasteiger partial charge in [-0.1, -0.05) is 249 Å². The van der Waals surface area contributed by atoms with Crippen molar-refractivity contribution in [3.63, 3.8) is 0 Å². The van der Waals surface area contributed by atoms with Gasteiger partial charge in [-0.15, -0.1) is 0 Å². The van der Waals surface area contributed by atoms with E-state index in [0.717, 1.165) is 27.8 Å². The van der Waals surface area contributed by atoms with Crippen LogP contribution in [0, 0.1) is 0 Å². The van der Waals surface area contributed by atoms with Gasteiger partial charge in [-0.2, -0.15) is 0 Å². The van der Waals surface area contributed by atoms with Gasteiger partial charge < -0.3 is 39.8 Å². The van der Waals surface area contributed by atoms with Crippen LogP contribution in [0.25, 0.3) is 0 Å². The molecule has 15 heteroatoms. The summed E-state index contributed by atoms with van der Waals surface area (Å²) in [6, 6.07) is 44.8. The lowest BCUT2D eigenvalue weighted by atomic mass is 10.1. The zero-order valence-electron chi connectivity index (χ0n) is 48.7. The van der Waals surface area contributed by atoms with Crippen LogP contribution in [-0.4, -0.2) is 70.0 Å². The summed E-state index contributed by atoms with van der Waals surface area (Å²) in [5.41, 5.74) is 11.8. The Balaban J connectivity index is 0.000000317. The Hall–Kier alpha value is -6.56. The maximum absolute atomic E-state index is 13.6. The monoisotopic (exact) mass is 1100 g/mol. The van der Waals surface area contributed by atoms with Crippen molar-refractivity contribution in [3.05, 3.63) is 179 Å². The number of nitrogens with two attached hydrogens (primary N) is 1. The Morgan fingerprint density at radius 2 is 0.705 bits per heavy atom. The number of carbonyl (C=O) groups is 5. The predicted octanol–water partition coefficient (Wildman–Crippen LogP) is 13.9. The number of nitrogens with one attached hydrogen (secondary N) is 2. The molecule has 5 rings (SSSR count). The molecule has 0 spiro atoms. The van der Waals surface area contributed by atoms with Gasteiger partial charge in [0.05, 0.1) is 0 Å². The molecule has 0 saturated carbocycles. The maximum Gasteiger partial charge on any atom is 0.408 e. The number of rotatable bonds is 21. The number of carboxylic acid groups (broad SMARTS) is 1. The fraction of sp³-hybridized carbons (Fsp3) is 0.444. The van der Waals surface area contributed by atoms with E-state index >= 15 is 0 Å². The van der Waals surface area contributed by atoms with Crippen LogP contribution in [0.3, 0.4) is 0 Å². The second-order valence-corrected chi connectivity index (χ2v) is 34.3. The molecule has 0 aromatic heterocycles. The second-order valence-electron chi connectivity index (χ2n) is 23.1. The average Bonchev–Trinajstić information content (AvgIpc) is 3.41. The van der Waals surface area contributed by atoms with Gasteiger partial charge in [0.2, 0.25) is 0 Å². The lowest BCUT2D eigenvalue weighted by molar-refractivity contribution is -0.139. The first-order chi connectivity index (χ1) is 36.6. The zero-order chi connectivity index (χ0) is 58.3. The van der Waals surface area contributed by atoms with Gasteiger partial charge in [-0.05, 0) is 66.5 Å². The van der Waals surface area contributed by atoms with Crippen molar-refractivity contribution >= 4 is 46.7 Å². The minimum atomic E-state index is -2.56. The first-order valence-electron chi connectivity index (χ1n) is 27.1. The van der Waals surface area contributed by atoms with Gasteiger partial charge in [-0.3, -0.25) is 9.59 Å². The molecule has 0 aliphatic heterocycles. The summed E-state index contributed by atoms with van der Waals surface area (Å²) in [6.45, 7) is 30.5. The number of carboxylic acids is 1. The van der Waals surface area contributed by atoms with Crippen molar-refractivity contribution in [1.82, 2.24) is 10.6 Å². The van der Waals surface area contributed by atoms with E-state index in [1.165, 1.54) is 0 Å². The number of benzene rings is 5. The summed E-state index contributed by atoms with van der Waals surface area (Å²) in [4.78, 5) is 61.9. The van der Waals surface area contributed by atoms with E-state index < -0.39 is 52.9 Å². The molecule has 78 heavy (non-hydrogen) atoms. The van der Waals surface area contributed by atoms with Crippen LogP contribution >= 0.6 is 0 Å². The smallest absolute Gasteiger partial charge is 0.408 e. The highest BCUT2D eigenvalue weighted by molar-refractivity contribution is 6.81. The summed E-state index contributed by atoms with van der Waals surface area (Å²) in [5, 5.41) is 14.2. The van der Waals surface area contributed by atoms with Gasteiger partial charge in [0.1, 0.15) is 31.3 Å². The second kappa shape index (κ2) is 31.1. The third-order valence-corrected chi connectivity index (χ3v) is 26.7. The van der Waals surface area contributed by atoms with Crippen molar-refractivity contribution in [1.29, 1.82) is 0 Å². The summed E-state index contributed by atoms with van der Waals surface area (Å²) in [5.74, 6) is -1.74. The summed E-state index contributed by atoms with van der Waals surface area (Å²) >= 11 is 0. The number of amides is 2. The molecule has 0 radical (unpaired) electrons. The van der Waals surface area contributed by atoms with Crippen molar-refractivity contribution in [2.75, 3.05) is 0 Å². The number of hydrogen-bond donors (Lipinski definition) is 4. The van der Waals surface area contributed by atoms with E-state index in [2.05, 4.69) is 108 Å². The predicted molar refractivity (Wildman–Crippen MR) is 317 cm³/mol. The Morgan fingerprint density at radius 1 is 0.436 bits per heavy atom. The van der Waals surface area contributed by atoms with E-state index in [4.69, 9.17) is 24.1 Å². The van der Waals surface area contributed by atoms with Crippen LogP contribution in [0.1, 0.15) is 125 Å². The molecular weight excluding hydrogens is 1010 g/mol. The topological polar surface area (TPSA) is 193 Å². The van der Waals surface area contributed by atoms with E-state index in [1.54, 1.807) is 0 Å². The van der Waals surface area contributed by atoms with Crippen molar-refractivity contribution in [2.45, 2.75) is 180 Å². The Labute approximate surface area is 467 Å². The van der Waals surface area contributed by atoms with Gasteiger partial charge in [0.15, 0.2) is 0 Å². The SMILES string of the molecule is CC(C)[Si](OC(=O)[C@@H](N)Cc1ccccc1)(C(C)C)C(C)(C)C.CC(C)[Si](OC(=O)[C@H](Cc1ccccc1)NC(=O)OCc1ccccc1)(C(C)C)C(C)(C)C.O=C(N[C@@H](Cc1ccccc1)C(=O)O)OCc1ccccc1. The molecule has 0 bridgehead atoms. The standard InChI is InChI=1S/C27H39NO4Si.C19H33NO2Si.C17H17NO4/c1-20(2)33(21(3)4,27(5,6)7)32-25(29)24(18-22-14-10-8-11-15-22)28-26(30)31-19-23-16-12-9-13-17-23;1-14(2)23(15(3)4,19(5,6)7)22-18(21)17(20)13-16-11-9-8-10-12-16;19-16(20)15(11-13-7-3-1-4-8-13)18-17(21)22-12-14-9-5-2-6-10-14/h8-17,20-21,24H,18-19H2,1-7H3,(H,28,30);8-12,14-15,17H,13,20H2,1-7H3;1-10,15H,11-12H2,(H,18,21)(H,19,20)/t24-;17-;15-/m000/s1. The lowest BCUT2D eigenvalue weighted by Crippen LogP contribution is -2.57. The number of aliphatic carboxylic acids is 1. The number of hydrogen-bond acceptors (Lipinski definition) is 10. The molecule has 5 N–H and O–H groups in total. The molecular formula is C63H89N3O10Si2. The highest BCUT2D eigenvalue weighted by atomic mass is 28.4. The molecule has 3 atom stereocenters. The van der Waals surface area contributed by atoms with Crippen LogP contribution in [0.4, 0.5) is 9.59 Å². The molecule has 5 aromatic carbocycles.